The number of hydrogen-bond donors (Lipinski definition) is 3. The van der Waals surface area contributed by atoms with Gasteiger partial charge in [-0.1, -0.05) is 105 Å². The van der Waals surface area contributed by atoms with Crippen LogP contribution in [-0.2, 0) is 29.5 Å². The predicted octanol–water partition coefficient (Wildman–Crippen LogP) is 6.01. The summed E-state index contributed by atoms with van der Waals surface area (Å²) in [7, 11) is -4.37. The molecule has 1 amide bonds. The van der Waals surface area contributed by atoms with Crippen molar-refractivity contribution in [2.24, 2.45) is 5.92 Å². The van der Waals surface area contributed by atoms with E-state index in [1.165, 1.54) is 0 Å². The number of carboxylic acid groups (broad SMARTS) is 1. The van der Waals surface area contributed by atoms with Gasteiger partial charge in [-0.3, -0.25) is 20.3 Å². The van der Waals surface area contributed by atoms with Gasteiger partial charge < -0.3 is 10.2 Å². The van der Waals surface area contributed by atoms with E-state index in [1.807, 2.05) is 110 Å². The van der Waals surface area contributed by atoms with Gasteiger partial charge in [0.2, 0.25) is 10.0 Å². The minimum Gasteiger partial charge on any atom is -0.465 e. The van der Waals surface area contributed by atoms with E-state index in [0.29, 0.717) is 19.5 Å². The topological polar surface area (TPSA) is 153 Å². The molecule has 0 aliphatic rings. The number of anilines is 1. The molecule has 4 aromatic carbocycles. The van der Waals surface area contributed by atoms with Gasteiger partial charge >= 0.3 is 6.09 Å². The van der Waals surface area contributed by atoms with Gasteiger partial charge in [0.05, 0.1) is 15.9 Å². The Hall–Kier alpha value is -4.62. The summed E-state index contributed by atoms with van der Waals surface area (Å²) in [6.07, 6.45) is -2.26. The van der Waals surface area contributed by atoms with Crippen LogP contribution in [0.2, 0.25) is 0 Å². The Labute approximate surface area is 275 Å². The first kappa shape index (κ1) is 35.2. The van der Waals surface area contributed by atoms with Gasteiger partial charge in [-0.2, -0.15) is 4.31 Å². The second kappa shape index (κ2) is 16.3. The van der Waals surface area contributed by atoms with Gasteiger partial charge in [0, 0.05) is 38.3 Å². The lowest BCUT2D eigenvalue weighted by molar-refractivity contribution is -0.384. The molecule has 4 aromatic rings. The second-order valence-corrected chi connectivity index (χ2v) is 13.7. The number of nitrogens with zero attached hydrogens (tertiary/aromatic N) is 3. The Morgan fingerprint density at radius 2 is 1.34 bits per heavy atom. The number of aliphatic hydroxyl groups is 1. The Morgan fingerprint density at radius 1 is 0.830 bits per heavy atom. The molecule has 0 bridgehead atoms. The summed E-state index contributed by atoms with van der Waals surface area (Å²) in [5, 5.41) is 34.8. The molecule has 0 saturated heterocycles. The molecule has 3 N–H and O–H groups in total. The van der Waals surface area contributed by atoms with E-state index in [4.69, 9.17) is 5.11 Å². The molecular weight excluding hydrogens is 620 g/mol. The molecule has 47 heavy (non-hydrogen) atoms. The third-order valence-corrected chi connectivity index (χ3v) is 9.49. The van der Waals surface area contributed by atoms with Crippen molar-refractivity contribution in [3.8, 4) is 0 Å². The van der Waals surface area contributed by atoms with Crippen LogP contribution in [0.5, 0.6) is 0 Å². The Balaban J connectivity index is 1.74. The zero-order valence-electron chi connectivity index (χ0n) is 26.3. The zero-order valence-corrected chi connectivity index (χ0v) is 27.2. The fourth-order valence-corrected chi connectivity index (χ4v) is 7.13. The molecule has 0 aliphatic heterocycles. The van der Waals surface area contributed by atoms with Crippen molar-refractivity contribution in [3.63, 3.8) is 0 Å². The summed E-state index contributed by atoms with van der Waals surface area (Å²) in [5.74, 6) is -0.141. The van der Waals surface area contributed by atoms with Gasteiger partial charge in [-0.25, -0.2) is 13.2 Å². The monoisotopic (exact) mass is 660 g/mol. The van der Waals surface area contributed by atoms with Gasteiger partial charge in [-0.15, -0.1) is 0 Å². The largest absolute Gasteiger partial charge is 0.465 e. The number of nitrogens with one attached hydrogen (secondary N) is 1. The van der Waals surface area contributed by atoms with E-state index in [0.717, 1.165) is 39.2 Å². The van der Waals surface area contributed by atoms with Crippen molar-refractivity contribution in [1.29, 1.82) is 0 Å². The van der Waals surface area contributed by atoms with Crippen molar-refractivity contribution in [2.75, 3.05) is 18.4 Å². The highest BCUT2D eigenvalue weighted by atomic mass is 32.2. The first-order valence-electron chi connectivity index (χ1n) is 15.3. The van der Waals surface area contributed by atoms with E-state index in [-0.39, 0.29) is 29.6 Å². The number of amides is 1. The van der Waals surface area contributed by atoms with Crippen LogP contribution in [0, 0.1) is 16.0 Å². The molecule has 4 rings (SSSR count). The number of rotatable bonds is 16. The highest BCUT2D eigenvalue weighted by molar-refractivity contribution is 7.89. The summed E-state index contributed by atoms with van der Waals surface area (Å²) in [4.78, 5) is 23.9. The molecule has 0 aromatic heterocycles. The van der Waals surface area contributed by atoms with E-state index in [9.17, 15) is 28.4 Å². The fraction of sp³-hybridized carbons (Fsp3) is 0.286. The smallest absolute Gasteiger partial charge is 0.409 e. The number of sulfonamides is 1. The minimum atomic E-state index is -4.37. The highest BCUT2D eigenvalue weighted by Crippen LogP contribution is 2.30. The average molecular weight is 661 g/mol. The van der Waals surface area contributed by atoms with Crippen LogP contribution in [0.1, 0.15) is 30.5 Å². The Morgan fingerprint density at radius 3 is 1.81 bits per heavy atom. The van der Waals surface area contributed by atoms with Crippen molar-refractivity contribution in [2.45, 2.75) is 50.4 Å². The standard InChI is InChI=1S/C35H40N4O7S/c1-26(2)22-38(47(45,46)30-18-19-31(36-35(41)42)32(21-30)39(43)44)25-34(40)33(20-27-12-6-3-7-13-27)37(23-28-14-8-4-9-15-28)24-29-16-10-5-11-17-29/h3-19,21,26,33-34,36,40H,20,22-25H2,1-2H3,(H,41,42)/t33-,34+/m0/s1. The van der Waals surface area contributed by atoms with E-state index in [1.54, 1.807) is 0 Å². The summed E-state index contributed by atoms with van der Waals surface area (Å²) in [6.45, 7) is 4.43. The molecule has 12 heteroatoms. The van der Waals surface area contributed by atoms with Gasteiger partial charge in [0.15, 0.2) is 0 Å². The number of carbonyl (C=O) groups is 1. The number of hydrogen-bond acceptors (Lipinski definition) is 7. The van der Waals surface area contributed by atoms with Gasteiger partial charge in [0.1, 0.15) is 5.69 Å². The SMILES string of the molecule is CC(C)CN(C[C@@H](O)[C@H](Cc1ccccc1)N(Cc1ccccc1)Cc1ccccc1)S(=O)(=O)c1ccc(NC(=O)O)c([N+](=O)[O-])c1. The average Bonchev–Trinajstić information content (AvgIpc) is 3.04. The van der Waals surface area contributed by atoms with Crippen molar-refractivity contribution in [1.82, 2.24) is 9.21 Å². The number of aliphatic hydroxyl groups excluding tert-OH is 1. The van der Waals surface area contributed by atoms with Gasteiger partial charge in [-0.05, 0) is 41.2 Å². The third kappa shape index (κ3) is 9.93. The highest BCUT2D eigenvalue weighted by Gasteiger charge is 2.34. The Kier molecular flexibility index (Phi) is 12.2. The second-order valence-electron chi connectivity index (χ2n) is 11.8. The Bertz CT molecular complexity index is 1680. The maximum Gasteiger partial charge on any atom is 0.409 e. The fourth-order valence-electron chi connectivity index (χ4n) is 5.49. The first-order valence-corrected chi connectivity index (χ1v) is 16.7. The molecule has 0 aliphatic carbocycles. The molecule has 0 spiro atoms. The van der Waals surface area contributed by atoms with Crippen LogP contribution in [-0.4, -0.2) is 64.1 Å². The summed E-state index contributed by atoms with van der Waals surface area (Å²) < 4.78 is 29.3. The van der Waals surface area contributed by atoms with Crippen LogP contribution in [0.3, 0.4) is 0 Å². The lowest BCUT2D eigenvalue weighted by Crippen LogP contribution is -2.50. The van der Waals surface area contributed by atoms with Crippen molar-refractivity contribution < 1.29 is 28.3 Å². The normalized spacial score (nSPS) is 13.1. The molecule has 248 valence electrons. The van der Waals surface area contributed by atoms with Crippen LogP contribution in [0.4, 0.5) is 16.2 Å². The van der Waals surface area contributed by atoms with Crippen molar-refractivity contribution >= 4 is 27.5 Å². The third-order valence-electron chi connectivity index (χ3n) is 7.66. The van der Waals surface area contributed by atoms with Crippen LogP contribution in [0.15, 0.2) is 114 Å². The summed E-state index contributed by atoms with van der Waals surface area (Å²) >= 11 is 0. The van der Waals surface area contributed by atoms with Crippen LogP contribution >= 0.6 is 0 Å². The number of nitro groups is 1. The van der Waals surface area contributed by atoms with Gasteiger partial charge in [0.25, 0.3) is 5.69 Å². The number of benzene rings is 4. The van der Waals surface area contributed by atoms with E-state index >= 15 is 0 Å². The molecule has 0 radical (unpaired) electrons. The lowest BCUT2D eigenvalue weighted by atomic mass is 9.97. The zero-order chi connectivity index (χ0) is 34.0. The summed E-state index contributed by atoms with van der Waals surface area (Å²) in [6, 6.07) is 31.9. The van der Waals surface area contributed by atoms with E-state index < -0.39 is 38.9 Å². The van der Waals surface area contributed by atoms with Crippen LogP contribution < -0.4 is 5.32 Å². The van der Waals surface area contributed by atoms with Crippen LogP contribution in [0.25, 0.3) is 0 Å². The molecule has 2 atom stereocenters. The molecule has 0 heterocycles. The minimum absolute atomic E-state index is 0.0394. The van der Waals surface area contributed by atoms with Crippen molar-refractivity contribution in [3.05, 3.63) is 136 Å². The lowest BCUT2D eigenvalue weighted by Gasteiger charge is -2.37. The van der Waals surface area contributed by atoms with E-state index in [2.05, 4.69) is 4.90 Å². The molecule has 0 unspecified atom stereocenters. The summed E-state index contributed by atoms with van der Waals surface area (Å²) in [5.41, 5.74) is 1.98. The maximum absolute atomic E-state index is 14.1. The predicted molar refractivity (Wildman–Crippen MR) is 180 cm³/mol. The maximum atomic E-state index is 14.1. The number of nitro benzene ring substituents is 1. The molecular formula is C35H40N4O7S. The molecule has 0 saturated carbocycles. The quantitative estimate of drug-likeness (QED) is 0.0976. The molecule has 11 nitrogen and oxygen atoms in total. The first-order chi connectivity index (χ1) is 22.4. The molecule has 0 fully saturated rings.